The zero-order valence-electron chi connectivity index (χ0n) is 13.4. The highest BCUT2D eigenvalue weighted by molar-refractivity contribution is 6.28. The summed E-state index contributed by atoms with van der Waals surface area (Å²) in [4.78, 5) is 26.0. The zero-order chi connectivity index (χ0) is 16.4. The summed E-state index contributed by atoms with van der Waals surface area (Å²) in [7, 11) is 0. The van der Waals surface area contributed by atoms with Gasteiger partial charge in [-0.25, -0.2) is 0 Å². The molecule has 1 amide bonds. The summed E-state index contributed by atoms with van der Waals surface area (Å²) in [5.74, 6) is -0.517. The molecule has 2 heterocycles. The van der Waals surface area contributed by atoms with Crippen LogP contribution in [0, 0.1) is 0 Å². The molecule has 124 valence electrons. The minimum absolute atomic E-state index is 0.0559. The van der Waals surface area contributed by atoms with Crippen molar-refractivity contribution >= 4 is 17.9 Å². The predicted molar refractivity (Wildman–Crippen MR) is 84.0 cm³/mol. The number of carbonyl (C=O) groups excluding carboxylic acids is 2. The lowest BCUT2D eigenvalue weighted by Gasteiger charge is -2.27. The maximum Gasteiger partial charge on any atom is 0.272 e. The van der Waals surface area contributed by atoms with E-state index in [-0.39, 0.29) is 18.2 Å². The van der Waals surface area contributed by atoms with Gasteiger partial charge in [-0.05, 0) is 25.7 Å². The number of rotatable bonds is 5. The number of nitrogens with zero attached hydrogens (tertiary/aromatic N) is 4. The Labute approximate surface area is 134 Å². The summed E-state index contributed by atoms with van der Waals surface area (Å²) in [6, 6.07) is 0.294. The average molecular weight is 318 g/mol. The summed E-state index contributed by atoms with van der Waals surface area (Å²) in [5, 5.41) is 15.9. The van der Waals surface area contributed by atoms with Gasteiger partial charge in [0.05, 0.1) is 18.3 Å². The van der Waals surface area contributed by atoms with Gasteiger partial charge in [0.2, 0.25) is 0 Å². The standard InChI is InChI=1S/C16H22N4O3/c1-2-14-13-7-8-19(10-12(21)9-17-23)16(22)15(13)20(18-14)11-5-3-4-6-11/h9,11,23H,2-8,10H2,1H3. The van der Waals surface area contributed by atoms with Crippen LogP contribution >= 0.6 is 0 Å². The van der Waals surface area contributed by atoms with Gasteiger partial charge in [-0.15, -0.1) is 0 Å². The third-order valence-corrected chi connectivity index (χ3v) is 4.77. The summed E-state index contributed by atoms with van der Waals surface area (Å²) in [6.45, 7) is 2.50. The lowest BCUT2D eigenvalue weighted by molar-refractivity contribution is -0.113. The van der Waals surface area contributed by atoms with E-state index in [1.54, 1.807) is 0 Å². The lowest BCUT2D eigenvalue weighted by Crippen LogP contribution is -2.42. The lowest BCUT2D eigenvalue weighted by atomic mass is 10.0. The number of aryl methyl sites for hydroxylation is 1. The minimum atomic E-state index is -0.382. The van der Waals surface area contributed by atoms with Crippen LogP contribution in [0.2, 0.25) is 0 Å². The normalized spacial score (nSPS) is 18.8. The number of hydrogen-bond donors (Lipinski definition) is 1. The Kier molecular flexibility index (Phi) is 4.45. The van der Waals surface area contributed by atoms with Gasteiger partial charge in [-0.2, -0.15) is 5.10 Å². The average Bonchev–Trinajstić information content (AvgIpc) is 3.17. The van der Waals surface area contributed by atoms with Crippen molar-refractivity contribution in [2.75, 3.05) is 13.1 Å². The van der Waals surface area contributed by atoms with Crippen molar-refractivity contribution in [2.45, 2.75) is 51.5 Å². The molecule has 1 fully saturated rings. The van der Waals surface area contributed by atoms with Crippen molar-refractivity contribution in [2.24, 2.45) is 5.16 Å². The molecule has 1 aromatic heterocycles. The van der Waals surface area contributed by atoms with Crippen LogP contribution in [-0.2, 0) is 17.6 Å². The third kappa shape index (κ3) is 2.87. The second kappa shape index (κ2) is 6.52. The van der Waals surface area contributed by atoms with E-state index in [0.29, 0.717) is 18.3 Å². The molecule has 3 rings (SSSR count). The molecule has 1 aliphatic heterocycles. The van der Waals surface area contributed by atoms with Crippen LogP contribution in [0.15, 0.2) is 5.16 Å². The fraction of sp³-hybridized carbons (Fsp3) is 0.625. The molecule has 1 N–H and O–H groups in total. The van der Waals surface area contributed by atoms with Gasteiger partial charge in [-0.3, -0.25) is 14.3 Å². The number of Topliss-reactive ketones (excluding diaryl/α,β-unsaturated/α-hetero) is 1. The highest BCUT2D eigenvalue weighted by atomic mass is 16.4. The van der Waals surface area contributed by atoms with Crippen molar-refractivity contribution in [1.29, 1.82) is 0 Å². The molecule has 2 aliphatic rings. The van der Waals surface area contributed by atoms with Crippen LogP contribution in [0.1, 0.15) is 60.4 Å². The van der Waals surface area contributed by atoms with Crippen LogP contribution < -0.4 is 0 Å². The van der Waals surface area contributed by atoms with E-state index in [2.05, 4.69) is 12.1 Å². The summed E-state index contributed by atoms with van der Waals surface area (Å²) in [5.41, 5.74) is 2.71. The fourth-order valence-corrected chi connectivity index (χ4v) is 3.64. The first-order valence-corrected chi connectivity index (χ1v) is 8.25. The Morgan fingerprint density at radius 2 is 2.17 bits per heavy atom. The van der Waals surface area contributed by atoms with Gasteiger partial charge < -0.3 is 10.1 Å². The van der Waals surface area contributed by atoms with E-state index >= 15 is 0 Å². The smallest absolute Gasteiger partial charge is 0.272 e. The molecule has 0 atom stereocenters. The monoisotopic (exact) mass is 318 g/mol. The molecule has 23 heavy (non-hydrogen) atoms. The number of ketones is 1. The molecule has 0 saturated heterocycles. The SMILES string of the molecule is CCc1nn(C2CCCC2)c2c1CCN(CC(=O)C=NO)C2=O. The Bertz CT molecular complexity index is 644. The van der Waals surface area contributed by atoms with Gasteiger partial charge in [0.25, 0.3) is 5.91 Å². The van der Waals surface area contributed by atoms with E-state index in [1.165, 1.54) is 17.7 Å². The zero-order valence-corrected chi connectivity index (χ0v) is 13.4. The second-order valence-electron chi connectivity index (χ2n) is 6.20. The van der Waals surface area contributed by atoms with Crippen molar-refractivity contribution in [1.82, 2.24) is 14.7 Å². The first-order chi connectivity index (χ1) is 11.2. The number of fused-ring (bicyclic) bond motifs is 1. The maximum atomic E-state index is 12.9. The number of carbonyl (C=O) groups is 2. The van der Waals surface area contributed by atoms with Crippen molar-refractivity contribution in [3.05, 3.63) is 17.0 Å². The molecule has 1 saturated carbocycles. The van der Waals surface area contributed by atoms with E-state index < -0.39 is 0 Å². The minimum Gasteiger partial charge on any atom is -0.411 e. The number of amides is 1. The summed E-state index contributed by atoms with van der Waals surface area (Å²) >= 11 is 0. The number of hydrogen-bond acceptors (Lipinski definition) is 5. The molecule has 0 radical (unpaired) electrons. The van der Waals surface area contributed by atoms with Crippen molar-refractivity contribution < 1.29 is 14.8 Å². The predicted octanol–water partition coefficient (Wildman–Crippen LogP) is 1.59. The quantitative estimate of drug-likeness (QED) is 0.507. The van der Waals surface area contributed by atoms with Gasteiger partial charge in [0.1, 0.15) is 11.9 Å². The molecule has 0 spiro atoms. The molecule has 7 nitrogen and oxygen atoms in total. The van der Waals surface area contributed by atoms with Crippen LogP contribution in [0.5, 0.6) is 0 Å². The van der Waals surface area contributed by atoms with Gasteiger partial charge in [0.15, 0.2) is 5.78 Å². The summed E-state index contributed by atoms with van der Waals surface area (Å²) < 4.78 is 1.92. The van der Waals surface area contributed by atoms with Crippen LogP contribution in [-0.4, -0.2) is 50.9 Å². The third-order valence-electron chi connectivity index (χ3n) is 4.77. The van der Waals surface area contributed by atoms with Gasteiger partial charge in [0, 0.05) is 12.1 Å². The molecule has 0 unspecified atom stereocenters. The number of oxime groups is 1. The van der Waals surface area contributed by atoms with Crippen LogP contribution in [0.4, 0.5) is 0 Å². The van der Waals surface area contributed by atoms with Gasteiger partial charge in [-0.1, -0.05) is 24.9 Å². The van der Waals surface area contributed by atoms with Crippen molar-refractivity contribution in [3.63, 3.8) is 0 Å². The Morgan fingerprint density at radius 1 is 1.43 bits per heavy atom. The van der Waals surface area contributed by atoms with E-state index in [0.717, 1.165) is 43.2 Å². The van der Waals surface area contributed by atoms with Crippen LogP contribution in [0.3, 0.4) is 0 Å². The highest BCUT2D eigenvalue weighted by Crippen LogP contribution is 2.33. The first kappa shape index (κ1) is 15.7. The fourth-order valence-electron chi connectivity index (χ4n) is 3.64. The van der Waals surface area contributed by atoms with Crippen molar-refractivity contribution in [3.8, 4) is 0 Å². The molecule has 0 aromatic carbocycles. The molecular formula is C16H22N4O3. The molecule has 1 aromatic rings. The second-order valence-corrected chi connectivity index (χ2v) is 6.20. The van der Waals surface area contributed by atoms with E-state index in [1.807, 2.05) is 4.68 Å². The largest absolute Gasteiger partial charge is 0.411 e. The number of aromatic nitrogens is 2. The molecule has 7 heteroatoms. The topological polar surface area (TPSA) is 87.8 Å². The summed E-state index contributed by atoms with van der Waals surface area (Å²) in [6.07, 6.45) is 6.83. The molecular weight excluding hydrogens is 296 g/mol. The molecule has 1 aliphatic carbocycles. The van der Waals surface area contributed by atoms with E-state index in [4.69, 9.17) is 10.3 Å². The molecule has 0 bridgehead atoms. The van der Waals surface area contributed by atoms with Gasteiger partial charge >= 0.3 is 0 Å². The Balaban J connectivity index is 1.91. The first-order valence-electron chi connectivity index (χ1n) is 8.25. The van der Waals surface area contributed by atoms with E-state index in [9.17, 15) is 9.59 Å². The highest BCUT2D eigenvalue weighted by Gasteiger charge is 2.34. The Morgan fingerprint density at radius 3 is 2.83 bits per heavy atom. The Hall–Kier alpha value is -2.18. The maximum absolute atomic E-state index is 12.9. The van der Waals surface area contributed by atoms with Crippen LogP contribution in [0.25, 0.3) is 0 Å².